The molecular formula is C21H27N3O4. The van der Waals surface area contributed by atoms with Crippen LogP contribution >= 0.6 is 0 Å². The predicted octanol–water partition coefficient (Wildman–Crippen LogP) is 3.35. The maximum absolute atomic E-state index is 12.5. The van der Waals surface area contributed by atoms with Crippen LogP contribution in [-0.2, 0) is 6.54 Å². The summed E-state index contributed by atoms with van der Waals surface area (Å²) in [5, 5.41) is 3.31. The lowest BCUT2D eigenvalue weighted by Crippen LogP contribution is -2.36. The van der Waals surface area contributed by atoms with Crippen molar-refractivity contribution in [2.24, 2.45) is 0 Å². The number of amides is 1. The van der Waals surface area contributed by atoms with Crippen LogP contribution in [0.1, 0.15) is 35.3 Å². The summed E-state index contributed by atoms with van der Waals surface area (Å²) in [5.41, 5.74) is 2.30. The molecule has 0 unspecified atom stereocenters. The predicted molar refractivity (Wildman–Crippen MR) is 107 cm³/mol. The molecule has 0 spiro atoms. The highest BCUT2D eigenvalue weighted by Crippen LogP contribution is 2.38. The van der Waals surface area contributed by atoms with Crippen molar-refractivity contribution in [3.05, 3.63) is 41.7 Å². The van der Waals surface area contributed by atoms with Gasteiger partial charge in [-0.1, -0.05) is 0 Å². The topological polar surface area (TPSA) is 72.9 Å². The highest BCUT2D eigenvalue weighted by atomic mass is 16.5. The normalized spacial score (nSPS) is 13.8. The number of rotatable bonds is 7. The van der Waals surface area contributed by atoms with Crippen LogP contribution in [0, 0.1) is 0 Å². The molecule has 1 aromatic heterocycles. The van der Waals surface area contributed by atoms with Crippen molar-refractivity contribution in [1.29, 1.82) is 0 Å². The molecule has 1 aromatic carbocycles. The van der Waals surface area contributed by atoms with E-state index in [0.717, 1.165) is 37.2 Å². The number of hydrogen-bond acceptors (Lipinski definition) is 6. The Balaban J connectivity index is 1.65. The van der Waals surface area contributed by atoms with Crippen LogP contribution in [0.15, 0.2) is 30.5 Å². The monoisotopic (exact) mass is 385 g/mol. The van der Waals surface area contributed by atoms with E-state index in [0.29, 0.717) is 29.5 Å². The number of ether oxygens (including phenoxy) is 3. The van der Waals surface area contributed by atoms with Crippen molar-refractivity contribution in [2.75, 3.05) is 39.7 Å². The number of aromatic nitrogens is 1. The highest BCUT2D eigenvalue weighted by molar-refractivity contribution is 5.92. The van der Waals surface area contributed by atoms with Gasteiger partial charge in [-0.15, -0.1) is 0 Å². The Kier molecular flexibility index (Phi) is 6.57. The molecule has 1 saturated heterocycles. The minimum absolute atomic E-state index is 0.0101. The zero-order valence-electron chi connectivity index (χ0n) is 16.7. The molecule has 1 aliphatic rings. The summed E-state index contributed by atoms with van der Waals surface area (Å²) in [5.74, 6) is 1.80. The van der Waals surface area contributed by atoms with Crippen LogP contribution in [0.5, 0.6) is 17.2 Å². The Morgan fingerprint density at radius 2 is 1.71 bits per heavy atom. The van der Waals surface area contributed by atoms with Crippen LogP contribution in [0.4, 0.5) is 5.69 Å². The van der Waals surface area contributed by atoms with Gasteiger partial charge in [-0.2, -0.15) is 0 Å². The molecule has 28 heavy (non-hydrogen) atoms. The second-order valence-electron chi connectivity index (χ2n) is 6.67. The number of nitrogens with one attached hydrogen (secondary N) is 1. The van der Waals surface area contributed by atoms with Crippen LogP contribution in [0.2, 0.25) is 0 Å². The Bertz CT molecular complexity index is 777. The zero-order valence-corrected chi connectivity index (χ0v) is 16.7. The lowest BCUT2D eigenvalue weighted by atomic mass is 10.1. The van der Waals surface area contributed by atoms with E-state index in [4.69, 9.17) is 14.2 Å². The number of piperidine rings is 1. The summed E-state index contributed by atoms with van der Waals surface area (Å²) < 4.78 is 16.1. The molecule has 0 aliphatic carbocycles. The third kappa shape index (κ3) is 4.47. The van der Waals surface area contributed by atoms with E-state index in [1.807, 2.05) is 23.1 Å². The van der Waals surface area contributed by atoms with Crippen LogP contribution < -0.4 is 19.5 Å². The number of benzene rings is 1. The third-order valence-electron chi connectivity index (χ3n) is 4.85. The molecule has 0 saturated carbocycles. The van der Waals surface area contributed by atoms with Crippen molar-refractivity contribution >= 4 is 11.6 Å². The first-order valence-electron chi connectivity index (χ1n) is 9.44. The minimum Gasteiger partial charge on any atom is -0.493 e. The molecule has 0 atom stereocenters. The van der Waals surface area contributed by atoms with E-state index in [-0.39, 0.29) is 5.91 Å². The maximum Gasteiger partial charge on any atom is 0.272 e. The average Bonchev–Trinajstić information content (AvgIpc) is 2.77. The van der Waals surface area contributed by atoms with Gasteiger partial charge >= 0.3 is 0 Å². The summed E-state index contributed by atoms with van der Waals surface area (Å²) in [6.45, 7) is 2.20. The Morgan fingerprint density at radius 3 is 2.25 bits per heavy atom. The van der Waals surface area contributed by atoms with Gasteiger partial charge in [-0.05, 0) is 49.1 Å². The maximum atomic E-state index is 12.5. The molecule has 2 heterocycles. The number of hydrogen-bond donors (Lipinski definition) is 1. The van der Waals surface area contributed by atoms with Gasteiger partial charge in [-0.3, -0.25) is 4.79 Å². The fourth-order valence-corrected chi connectivity index (χ4v) is 3.33. The Labute approximate surface area is 165 Å². The fourth-order valence-electron chi connectivity index (χ4n) is 3.33. The number of nitrogens with zero attached hydrogens (tertiary/aromatic N) is 2. The average molecular weight is 385 g/mol. The fraction of sp³-hybridized carbons (Fsp3) is 0.429. The van der Waals surface area contributed by atoms with E-state index in [1.54, 1.807) is 33.6 Å². The molecule has 2 aromatic rings. The molecule has 150 valence electrons. The lowest BCUT2D eigenvalue weighted by Gasteiger charge is -2.26. The number of pyridine rings is 1. The second kappa shape index (κ2) is 9.30. The van der Waals surface area contributed by atoms with E-state index < -0.39 is 0 Å². The Morgan fingerprint density at radius 1 is 1.04 bits per heavy atom. The van der Waals surface area contributed by atoms with Gasteiger partial charge in [-0.25, -0.2) is 4.98 Å². The first-order chi connectivity index (χ1) is 13.7. The van der Waals surface area contributed by atoms with Crippen molar-refractivity contribution in [3.63, 3.8) is 0 Å². The molecule has 0 bridgehead atoms. The first-order valence-corrected chi connectivity index (χ1v) is 9.44. The number of likely N-dealkylation sites (tertiary alicyclic amines) is 1. The van der Waals surface area contributed by atoms with Gasteiger partial charge in [0.15, 0.2) is 11.5 Å². The largest absolute Gasteiger partial charge is 0.493 e. The summed E-state index contributed by atoms with van der Waals surface area (Å²) in [6.07, 6.45) is 5.02. The first kappa shape index (κ1) is 19.8. The van der Waals surface area contributed by atoms with E-state index in [1.165, 1.54) is 6.42 Å². The van der Waals surface area contributed by atoms with Gasteiger partial charge in [0.1, 0.15) is 5.69 Å². The quantitative estimate of drug-likeness (QED) is 0.788. The number of methoxy groups -OCH3 is 3. The van der Waals surface area contributed by atoms with Crippen molar-refractivity contribution in [2.45, 2.75) is 25.8 Å². The van der Waals surface area contributed by atoms with Gasteiger partial charge in [0.05, 0.1) is 33.2 Å². The summed E-state index contributed by atoms with van der Waals surface area (Å²) in [6, 6.07) is 7.45. The zero-order chi connectivity index (χ0) is 19.9. The van der Waals surface area contributed by atoms with Crippen molar-refractivity contribution in [3.8, 4) is 17.2 Å². The molecule has 1 amide bonds. The molecule has 1 aliphatic heterocycles. The van der Waals surface area contributed by atoms with E-state index >= 15 is 0 Å². The molecule has 0 radical (unpaired) electrons. The van der Waals surface area contributed by atoms with Crippen LogP contribution in [-0.4, -0.2) is 50.2 Å². The molecular weight excluding hydrogens is 358 g/mol. The van der Waals surface area contributed by atoms with Crippen LogP contribution in [0.3, 0.4) is 0 Å². The van der Waals surface area contributed by atoms with Gasteiger partial charge in [0.2, 0.25) is 5.75 Å². The standard InChI is InChI=1S/C21H27N3O4/c1-26-18-11-15(12-19(27-2)20(18)28-3)13-22-16-7-8-17(23-14-16)21(25)24-9-5-4-6-10-24/h7-8,11-12,14,22H,4-6,9-10,13H2,1-3H3. The molecule has 3 rings (SSSR count). The highest BCUT2D eigenvalue weighted by Gasteiger charge is 2.19. The smallest absolute Gasteiger partial charge is 0.272 e. The third-order valence-corrected chi connectivity index (χ3v) is 4.85. The lowest BCUT2D eigenvalue weighted by molar-refractivity contribution is 0.0718. The summed E-state index contributed by atoms with van der Waals surface area (Å²) >= 11 is 0. The van der Waals surface area contributed by atoms with Gasteiger partial charge in [0, 0.05) is 19.6 Å². The summed E-state index contributed by atoms with van der Waals surface area (Å²) in [7, 11) is 4.77. The number of anilines is 1. The second-order valence-corrected chi connectivity index (χ2v) is 6.67. The molecule has 1 N–H and O–H groups in total. The van der Waals surface area contributed by atoms with E-state index in [9.17, 15) is 4.79 Å². The molecule has 7 nitrogen and oxygen atoms in total. The van der Waals surface area contributed by atoms with Crippen molar-refractivity contribution in [1.82, 2.24) is 9.88 Å². The summed E-state index contributed by atoms with van der Waals surface area (Å²) in [4.78, 5) is 18.7. The van der Waals surface area contributed by atoms with E-state index in [2.05, 4.69) is 10.3 Å². The molecule has 1 fully saturated rings. The number of carbonyl (C=O) groups is 1. The number of carbonyl (C=O) groups excluding carboxylic acids is 1. The molecule has 7 heteroatoms. The van der Waals surface area contributed by atoms with Crippen LogP contribution in [0.25, 0.3) is 0 Å². The minimum atomic E-state index is 0.0101. The SMILES string of the molecule is COc1cc(CNc2ccc(C(=O)N3CCCCC3)nc2)cc(OC)c1OC. The van der Waals surface area contributed by atoms with Gasteiger partial charge in [0.25, 0.3) is 5.91 Å². The Hall–Kier alpha value is -2.96. The van der Waals surface area contributed by atoms with Crippen molar-refractivity contribution < 1.29 is 19.0 Å². The van der Waals surface area contributed by atoms with Gasteiger partial charge < -0.3 is 24.4 Å².